The van der Waals surface area contributed by atoms with Gasteiger partial charge in [0.15, 0.2) is 9.84 Å². The minimum absolute atomic E-state index is 0.0375. The highest BCUT2D eigenvalue weighted by Crippen LogP contribution is 2.27. The van der Waals surface area contributed by atoms with Crippen LogP contribution in [0.5, 0.6) is 5.75 Å². The van der Waals surface area contributed by atoms with Gasteiger partial charge in [-0.2, -0.15) is 0 Å². The number of carbonyl (C=O) groups is 2. The number of carbonyl (C=O) groups excluding carboxylic acids is 2. The Labute approximate surface area is 186 Å². The third-order valence-electron chi connectivity index (χ3n) is 5.55. The van der Waals surface area contributed by atoms with Gasteiger partial charge < -0.3 is 19.5 Å². The minimum Gasteiger partial charge on any atom is -0.497 e. The van der Waals surface area contributed by atoms with E-state index < -0.39 is 21.5 Å². The fraction of sp³-hybridized carbons (Fsp3) is 0.304. The molecule has 3 aromatic rings. The van der Waals surface area contributed by atoms with Gasteiger partial charge in [0, 0.05) is 35.9 Å². The quantitative estimate of drug-likeness (QED) is 0.591. The summed E-state index contributed by atoms with van der Waals surface area (Å²) in [5, 5.41) is 3.10. The number of amides is 2. The molecule has 8 nitrogen and oxygen atoms in total. The zero-order valence-corrected chi connectivity index (χ0v) is 18.6. The van der Waals surface area contributed by atoms with Crippen molar-refractivity contribution in [3.8, 4) is 5.75 Å². The Morgan fingerprint density at radius 1 is 1.03 bits per heavy atom. The molecule has 9 heteroatoms. The van der Waals surface area contributed by atoms with E-state index in [0.29, 0.717) is 22.3 Å². The van der Waals surface area contributed by atoms with Crippen molar-refractivity contribution in [2.24, 2.45) is 0 Å². The van der Waals surface area contributed by atoms with Crippen LogP contribution in [0.4, 0.5) is 5.69 Å². The second-order valence-corrected chi connectivity index (χ2v) is 9.72. The normalized spacial score (nSPS) is 14.0. The van der Waals surface area contributed by atoms with Crippen molar-refractivity contribution >= 4 is 38.2 Å². The molecule has 4 rings (SSSR count). The van der Waals surface area contributed by atoms with E-state index in [9.17, 15) is 18.0 Å². The molecule has 0 atom stereocenters. The summed E-state index contributed by atoms with van der Waals surface area (Å²) in [5.74, 6) is -0.746. The lowest BCUT2D eigenvalue weighted by molar-refractivity contribution is -0.130. The average Bonchev–Trinajstić information content (AvgIpc) is 3.43. The first-order valence-electron chi connectivity index (χ1n) is 10.4. The summed E-state index contributed by atoms with van der Waals surface area (Å²) in [5.41, 5.74) is 1.12. The molecule has 1 aliphatic rings. The Bertz CT molecular complexity index is 1240. The van der Waals surface area contributed by atoms with Gasteiger partial charge in [0.2, 0.25) is 11.8 Å². The summed E-state index contributed by atoms with van der Waals surface area (Å²) in [6, 6.07) is 13.6. The van der Waals surface area contributed by atoms with Gasteiger partial charge >= 0.3 is 0 Å². The summed E-state index contributed by atoms with van der Waals surface area (Å²) < 4.78 is 33.0. The Kier molecular flexibility index (Phi) is 6.18. The van der Waals surface area contributed by atoms with Gasteiger partial charge in [0.1, 0.15) is 18.0 Å². The monoisotopic (exact) mass is 455 g/mol. The molecular weight excluding hydrogens is 430 g/mol. The third-order valence-corrected chi connectivity index (χ3v) is 7.18. The van der Waals surface area contributed by atoms with E-state index in [2.05, 4.69) is 5.32 Å². The number of anilines is 1. The van der Waals surface area contributed by atoms with Crippen LogP contribution in [0.25, 0.3) is 10.9 Å². The van der Waals surface area contributed by atoms with Crippen molar-refractivity contribution < 1.29 is 22.7 Å². The summed E-state index contributed by atoms with van der Waals surface area (Å²) >= 11 is 0. The summed E-state index contributed by atoms with van der Waals surface area (Å²) in [6.45, 7) is 1.53. The van der Waals surface area contributed by atoms with E-state index in [1.54, 1.807) is 58.0 Å². The number of benzene rings is 2. The second kappa shape index (κ2) is 9.04. The molecule has 168 valence electrons. The topological polar surface area (TPSA) is 97.7 Å². The second-order valence-electron chi connectivity index (χ2n) is 7.76. The Hall–Kier alpha value is -3.33. The number of likely N-dealkylation sites (tertiary alicyclic amines) is 1. The Morgan fingerprint density at radius 3 is 2.41 bits per heavy atom. The zero-order chi connectivity index (χ0) is 22.7. The number of ether oxygens (including phenoxy) is 1. The number of fused-ring (bicyclic) bond motifs is 1. The highest BCUT2D eigenvalue weighted by Gasteiger charge is 2.26. The Balaban J connectivity index is 1.55. The number of rotatable bonds is 7. The van der Waals surface area contributed by atoms with Crippen molar-refractivity contribution in [1.82, 2.24) is 9.47 Å². The number of para-hydroxylation sites is 1. The summed E-state index contributed by atoms with van der Waals surface area (Å²) in [6.07, 6.45) is 3.44. The van der Waals surface area contributed by atoms with Gasteiger partial charge in [0.05, 0.1) is 12.0 Å². The molecule has 1 aliphatic heterocycles. The molecule has 2 amide bonds. The van der Waals surface area contributed by atoms with Crippen LogP contribution < -0.4 is 10.1 Å². The molecule has 1 N–H and O–H groups in total. The summed E-state index contributed by atoms with van der Waals surface area (Å²) in [4.78, 5) is 26.9. The average molecular weight is 456 g/mol. The lowest BCUT2D eigenvalue weighted by Gasteiger charge is -2.15. The van der Waals surface area contributed by atoms with Crippen LogP contribution in [-0.4, -0.2) is 55.7 Å². The number of hydrogen-bond donors (Lipinski definition) is 1. The van der Waals surface area contributed by atoms with Crippen LogP contribution in [-0.2, 0) is 26.0 Å². The first-order valence-corrected chi connectivity index (χ1v) is 12.0. The molecule has 0 radical (unpaired) electrons. The van der Waals surface area contributed by atoms with Crippen molar-refractivity contribution in [2.75, 3.05) is 31.3 Å². The zero-order valence-electron chi connectivity index (χ0n) is 17.8. The van der Waals surface area contributed by atoms with Gasteiger partial charge in [-0.05, 0) is 43.2 Å². The Morgan fingerprint density at radius 2 is 1.72 bits per heavy atom. The van der Waals surface area contributed by atoms with Gasteiger partial charge in [-0.3, -0.25) is 9.59 Å². The van der Waals surface area contributed by atoms with E-state index >= 15 is 0 Å². The maximum atomic E-state index is 13.1. The third kappa shape index (κ3) is 4.62. The van der Waals surface area contributed by atoms with E-state index in [1.165, 1.54) is 13.3 Å². The highest BCUT2D eigenvalue weighted by molar-refractivity contribution is 7.92. The molecule has 0 bridgehead atoms. The van der Waals surface area contributed by atoms with Crippen LogP contribution in [0, 0.1) is 0 Å². The van der Waals surface area contributed by atoms with Crippen molar-refractivity contribution in [3.05, 3.63) is 54.7 Å². The lowest BCUT2D eigenvalue weighted by atomic mass is 10.2. The first-order chi connectivity index (χ1) is 15.4. The molecule has 0 spiro atoms. The lowest BCUT2D eigenvalue weighted by Crippen LogP contribution is -2.30. The molecule has 0 saturated carbocycles. The van der Waals surface area contributed by atoms with Crippen LogP contribution >= 0.6 is 0 Å². The van der Waals surface area contributed by atoms with E-state index in [-0.39, 0.29) is 17.3 Å². The standard InChI is InChI=1S/C23H25N3O5S/c1-31-18-10-8-17(9-11-18)24-22(27)16-32(29,30)21-14-26(20-7-3-2-6-19(20)21)15-23(28)25-12-4-5-13-25/h2-3,6-11,14H,4-5,12-13,15-16H2,1H3,(H,24,27). The number of nitrogens with one attached hydrogen (secondary N) is 1. The van der Waals surface area contributed by atoms with E-state index in [4.69, 9.17) is 4.74 Å². The van der Waals surface area contributed by atoms with Gasteiger partial charge in [0.25, 0.3) is 0 Å². The molecule has 1 fully saturated rings. The molecule has 2 aromatic carbocycles. The van der Waals surface area contributed by atoms with E-state index in [1.807, 2.05) is 0 Å². The predicted molar refractivity (Wildman–Crippen MR) is 121 cm³/mol. The smallest absolute Gasteiger partial charge is 0.242 e. The van der Waals surface area contributed by atoms with Crippen molar-refractivity contribution in [3.63, 3.8) is 0 Å². The van der Waals surface area contributed by atoms with E-state index in [0.717, 1.165) is 25.9 Å². The van der Waals surface area contributed by atoms with Crippen LogP contribution in [0.1, 0.15) is 12.8 Å². The largest absolute Gasteiger partial charge is 0.497 e. The molecular formula is C23H25N3O5S. The van der Waals surface area contributed by atoms with Crippen LogP contribution in [0.15, 0.2) is 59.6 Å². The van der Waals surface area contributed by atoms with Gasteiger partial charge in [-0.25, -0.2) is 8.42 Å². The van der Waals surface area contributed by atoms with Crippen molar-refractivity contribution in [1.29, 1.82) is 0 Å². The number of sulfone groups is 1. The predicted octanol–water partition coefficient (Wildman–Crippen LogP) is 2.68. The molecule has 1 aromatic heterocycles. The van der Waals surface area contributed by atoms with Crippen molar-refractivity contribution in [2.45, 2.75) is 24.3 Å². The number of nitrogens with zero attached hydrogens (tertiary/aromatic N) is 2. The fourth-order valence-corrected chi connectivity index (χ4v) is 5.29. The van der Waals surface area contributed by atoms with Crippen LogP contribution in [0.3, 0.4) is 0 Å². The molecule has 2 heterocycles. The number of aromatic nitrogens is 1. The van der Waals surface area contributed by atoms with Crippen LogP contribution in [0.2, 0.25) is 0 Å². The maximum Gasteiger partial charge on any atom is 0.242 e. The SMILES string of the molecule is COc1ccc(NC(=O)CS(=O)(=O)c2cn(CC(=O)N3CCCC3)c3ccccc23)cc1. The highest BCUT2D eigenvalue weighted by atomic mass is 32.2. The molecule has 1 saturated heterocycles. The van der Waals surface area contributed by atoms with Gasteiger partial charge in [-0.15, -0.1) is 0 Å². The first kappa shape index (κ1) is 21.9. The fourth-order valence-electron chi connectivity index (χ4n) is 3.93. The van der Waals surface area contributed by atoms with Gasteiger partial charge in [-0.1, -0.05) is 18.2 Å². The molecule has 0 unspecified atom stereocenters. The number of methoxy groups -OCH3 is 1. The maximum absolute atomic E-state index is 13.1. The minimum atomic E-state index is -3.94. The molecule has 32 heavy (non-hydrogen) atoms. The number of hydrogen-bond acceptors (Lipinski definition) is 5. The summed E-state index contributed by atoms with van der Waals surface area (Å²) in [7, 11) is -2.40. The molecule has 0 aliphatic carbocycles.